The Kier molecular flexibility index (Phi) is 5.25. The van der Waals surface area contributed by atoms with Gasteiger partial charge in [0.2, 0.25) is 0 Å². The van der Waals surface area contributed by atoms with Gasteiger partial charge in [-0.2, -0.15) is 0 Å². The molecule has 1 aromatic heterocycles. The Labute approximate surface area is 160 Å². The highest BCUT2D eigenvalue weighted by molar-refractivity contribution is 5.92. The van der Waals surface area contributed by atoms with Gasteiger partial charge in [-0.3, -0.25) is 4.79 Å². The summed E-state index contributed by atoms with van der Waals surface area (Å²) in [5.41, 5.74) is 2.97. The highest BCUT2D eigenvalue weighted by Gasteiger charge is 2.34. The molecule has 2 heterocycles. The van der Waals surface area contributed by atoms with Gasteiger partial charge in [-0.15, -0.1) is 5.10 Å². The minimum Gasteiger partial charge on any atom is -0.330 e. The third-order valence-corrected chi connectivity index (χ3v) is 5.66. The lowest BCUT2D eigenvalue weighted by Gasteiger charge is -2.23. The van der Waals surface area contributed by atoms with E-state index in [1.54, 1.807) is 0 Å². The lowest BCUT2D eigenvalue weighted by molar-refractivity contribution is 0.0723. The van der Waals surface area contributed by atoms with Gasteiger partial charge in [-0.05, 0) is 55.8 Å². The van der Waals surface area contributed by atoms with Crippen molar-refractivity contribution in [2.45, 2.75) is 64.1 Å². The molecular formula is C21H29N5O. The zero-order valence-electron chi connectivity index (χ0n) is 16.3. The van der Waals surface area contributed by atoms with E-state index in [1.165, 1.54) is 11.1 Å². The van der Waals surface area contributed by atoms with Gasteiger partial charge < -0.3 is 10.2 Å². The summed E-state index contributed by atoms with van der Waals surface area (Å²) in [7, 11) is 0. The normalized spacial score (nSPS) is 18.0. The van der Waals surface area contributed by atoms with Gasteiger partial charge in [-0.25, -0.2) is 4.68 Å². The van der Waals surface area contributed by atoms with E-state index in [2.05, 4.69) is 53.7 Å². The number of aromatic nitrogens is 3. The topological polar surface area (TPSA) is 63.1 Å². The van der Waals surface area contributed by atoms with Gasteiger partial charge in [0.05, 0.1) is 12.2 Å². The van der Waals surface area contributed by atoms with Crippen molar-refractivity contribution in [3.05, 3.63) is 47.3 Å². The molecule has 6 nitrogen and oxygen atoms in total. The van der Waals surface area contributed by atoms with E-state index in [4.69, 9.17) is 0 Å². The first-order valence-electron chi connectivity index (χ1n) is 10.1. The number of nitrogens with one attached hydrogen (secondary N) is 1. The van der Waals surface area contributed by atoms with E-state index in [-0.39, 0.29) is 5.91 Å². The van der Waals surface area contributed by atoms with Crippen molar-refractivity contribution in [2.75, 3.05) is 13.1 Å². The smallest absolute Gasteiger partial charge is 0.276 e. The Balaban J connectivity index is 1.47. The summed E-state index contributed by atoms with van der Waals surface area (Å²) in [5, 5.41) is 11.8. The predicted octanol–water partition coefficient (Wildman–Crippen LogP) is 3.13. The fourth-order valence-electron chi connectivity index (χ4n) is 3.73. The molecule has 6 heteroatoms. The van der Waals surface area contributed by atoms with Crippen molar-refractivity contribution in [1.82, 2.24) is 25.2 Å². The molecule has 0 radical (unpaired) electrons. The number of piperidine rings is 1. The second-order valence-electron chi connectivity index (χ2n) is 8.13. The Morgan fingerprint density at radius 2 is 1.89 bits per heavy atom. The van der Waals surface area contributed by atoms with Crippen LogP contribution in [0.4, 0.5) is 0 Å². The van der Waals surface area contributed by atoms with Crippen LogP contribution in [0.15, 0.2) is 30.5 Å². The van der Waals surface area contributed by atoms with Crippen LogP contribution in [0, 0.1) is 0 Å². The molecule has 1 saturated carbocycles. The van der Waals surface area contributed by atoms with Crippen LogP contribution >= 0.6 is 0 Å². The summed E-state index contributed by atoms with van der Waals surface area (Å²) >= 11 is 0. The van der Waals surface area contributed by atoms with E-state index >= 15 is 0 Å². The predicted molar refractivity (Wildman–Crippen MR) is 105 cm³/mol. The molecule has 1 saturated heterocycles. The zero-order chi connectivity index (χ0) is 18.8. The molecule has 2 aromatic rings. The fourth-order valence-corrected chi connectivity index (χ4v) is 3.73. The van der Waals surface area contributed by atoms with Crippen molar-refractivity contribution in [3.63, 3.8) is 0 Å². The molecule has 144 valence electrons. The fraction of sp³-hybridized carbons (Fsp3) is 0.571. The van der Waals surface area contributed by atoms with Crippen molar-refractivity contribution in [1.29, 1.82) is 0 Å². The van der Waals surface area contributed by atoms with Crippen LogP contribution in [0.3, 0.4) is 0 Å². The first-order valence-corrected chi connectivity index (χ1v) is 10.1. The van der Waals surface area contributed by atoms with Gasteiger partial charge in [0.15, 0.2) is 5.69 Å². The number of rotatable bonds is 6. The molecule has 1 N–H and O–H groups in total. The van der Waals surface area contributed by atoms with Crippen LogP contribution in [-0.4, -0.2) is 44.9 Å². The molecule has 1 aliphatic heterocycles. The number of hydrogen-bond acceptors (Lipinski definition) is 4. The Hall–Kier alpha value is -2.21. The molecule has 27 heavy (non-hydrogen) atoms. The van der Waals surface area contributed by atoms with Crippen molar-refractivity contribution in [2.24, 2.45) is 0 Å². The summed E-state index contributed by atoms with van der Waals surface area (Å²) in [6.45, 7) is 7.02. The third-order valence-electron chi connectivity index (χ3n) is 5.66. The number of hydrogen-bond donors (Lipinski definition) is 1. The quantitative estimate of drug-likeness (QED) is 0.852. The molecule has 2 fully saturated rings. The molecule has 0 spiro atoms. The molecule has 1 amide bonds. The standard InChI is InChI=1S/C21H29N5O/c1-15(2)17-5-3-16(4-6-17)13-25(18-7-8-18)21(27)20-14-26(24-23-20)19-9-11-22-12-10-19/h3-6,14-15,18-19,22H,7-13H2,1-2H3. The van der Waals surface area contributed by atoms with Crippen LogP contribution in [0.2, 0.25) is 0 Å². The Morgan fingerprint density at radius 3 is 2.52 bits per heavy atom. The highest BCUT2D eigenvalue weighted by Crippen LogP contribution is 2.30. The first-order chi connectivity index (χ1) is 13.1. The van der Waals surface area contributed by atoms with Gasteiger partial charge >= 0.3 is 0 Å². The average molecular weight is 367 g/mol. The van der Waals surface area contributed by atoms with Crippen LogP contribution < -0.4 is 5.32 Å². The number of amides is 1. The zero-order valence-corrected chi connectivity index (χ0v) is 16.3. The van der Waals surface area contributed by atoms with Crippen molar-refractivity contribution >= 4 is 5.91 Å². The number of carbonyl (C=O) groups is 1. The minimum atomic E-state index is 0.00520. The highest BCUT2D eigenvalue weighted by atomic mass is 16.2. The maximum absolute atomic E-state index is 13.1. The number of benzene rings is 1. The summed E-state index contributed by atoms with van der Waals surface area (Å²) in [4.78, 5) is 15.1. The second-order valence-corrected chi connectivity index (χ2v) is 8.13. The van der Waals surface area contributed by atoms with Crippen LogP contribution in [-0.2, 0) is 6.54 Å². The molecule has 1 aliphatic carbocycles. The summed E-state index contributed by atoms with van der Waals surface area (Å²) < 4.78 is 1.89. The molecule has 0 unspecified atom stereocenters. The van der Waals surface area contributed by atoms with E-state index in [0.29, 0.717) is 30.2 Å². The first kappa shape index (κ1) is 18.2. The Morgan fingerprint density at radius 1 is 1.19 bits per heavy atom. The van der Waals surface area contributed by atoms with E-state index < -0.39 is 0 Å². The molecule has 0 bridgehead atoms. The summed E-state index contributed by atoms with van der Waals surface area (Å²) in [6, 6.07) is 9.31. The van der Waals surface area contributed by atoms with E-state index in [9.17, 15) is 4.79 Å². The minimum absolute atomic E-state index is 0.00520. The van der Waals surface area contributed by atoms with Gasteiger partial charge in [-0.1, -0.05) is 43.3 Å². The molecular weight excluding hydrogens is 338 g/mol. The van der Waals surface area contributed by atoms with Crippen molar-refractivity contribution in [3.8, 4) is 0 Å². The summed E-state index contributed by atoms with van der Waals surface area (Å²) in [6.07, 6.45) is 6.07. The monoisotopic (exact) mass is 367 g/mol. The van der Waals surface area contributed by atoms with Gasteiger partial charge in [0, 0.05) is 12.6 Å². The lowest BCUT2D eigenvalue weighted by Crippen LogP contribution is -2.33. The molecule has 1 aromatic carbocycles. The third kappa shape index (κ3) is 4.21. The molecule has 0 atom stereocenters. The average Bonchev–Trinajstić information content (AvgIpc) is 3.42. The number of carbonyl (C=O) groups excluding carboxylic acids is 1. The van der Waals surface area contributed by atoms with Crippen LogP contribution in [0.25, 0.3) is 0 Å². The van der Waals surface area contributed by atoms with E-state index in [0.717, 1.165) is 38.8 Å². The largest absolute Gasteiger partial charge is 0.330 e. The molecule has 4 rings (SSSR count). The van der Waals surface area contributed by atoms with Gasteiger partial charge in [0.1, 0.15) is 0 Å². The molecule has 2 aliphatic rings. The lowest BCUT2D eigenvalue weighted by atomic mass is 10.0. The van der Waals surface area contributed by atoms with Crippen LogP contribution in [0.1, 0.15) is 73.1 Å². The SMILES string of the molecule is CC(C)c1ccc(CN(C(=O)c2cn(C3CCNCC3)nn2)C2CC2)cc1. The van der Waals surface area contributed by atoms with Crippen LogP contribution in [0.5, 0.6) is 0 Å². The summed E-state index contributed by atoms with van der Waals surface area (Å²) in [5.74, 6) is 0.524. The maximum Gasteiger partial charge on any atom is 0.276 e. The van der Waals surface area contributed by atoms with E-state index in [1.807, 2.05) is 15.8 Å². The van der Waals surface area contributed by atoms with Crippen molar-refractivity contribution < 1.29 is 4.79 Å². The second kappa shape index (κ2) is 7.80. The number of nitrogens with zero attached hydrogens (tertiary/aromatic N) is 4. The van der Waals surface area contributed by atoms with Gasteiger partial charge in [0.25, 0.3) is 5.91 Å². The maximum atomic E-state index is 13.1. The Bertz CT molecular complexity index is 772.